The summed E-state index contributed by atoms with van der Waals surface area (Å²) in [5.41, 5.74) is 5.12. The first-order valence-electron chi connectivity index (χ1n) is 6.06. The predicted octanol–water partition coefficient (Wildman–Crippen LogP) is 2.77. The van der Waals surface area contributed by atoms with Gasteiger partial charge in [0, 0.05) is 25.2 Å². The molecule has 0 atom stereocenters. The van der Waals surface area contributed by atoms with Crippen molar-refractivity contribution in [1.82, 2.24) is 9.78 Å². The van der Waals surface area contributed by atoms with E-state index in [0.29, 0.717) is 6.42 Å². The van der Waals surface area contributed by atoms with Crippen molar-refractivity contribution in [2.45, 2.75) is 27.2 Å². The van der Waals surface area contributed by atoms with Crippen LogP contribution in [0.2, 0.25) is 0 Å². The van der Waals surface area contributed by atoms with Gasteiger partial charge in [0.05, 0.1) is 6.20 Å². The summed E-state index contributed by atoms with van der Waals surface area (Å²) in [5.74, 6) is 0.165. The van der Waals surface area contributed by atoms with Gasteiger partial charge >= 0.3 is 0 Å². The minimum Gasteiger partial charge on any atom is -0.294 e. The van der Waals surface area contributed by atoms with Gasteiger partial charge in [0.2, 0.25) is 0 Å². The highest BCUT2D eigenvalue weighted by molar-refractivity contribution is 6.00. The van der Waals surface area contributed by atoms with Crippen LogP contribution in [0.25, 0.3) is 0 Å². The largest absolute Gasteiger partial charge is 0.294 e. The molecule has 0 saturated heterocycles. The van der Waals surface area contributed by atoms with E-state index in [1.165, 1.54) is 5.56 Å². The summed E-state index contributed by atoms with van der Waals surface area (Å²) in [4.78, 5) is 12.3. The van der Waals surface area contributed by atoms with E-state index in [9.17, 15) is 4.79 Å². The second-order valence-electron chi connectivity index (χ2n) is 4.90. The number of hydrogen-bond donors (Lipinski definition) is 0. The quantitative estimate of drug-likeness (QED) is 0.776. The highest BCUT2D eigenvalue weighted by atomic mass is 16.1. The maximum Gasteiger partial charge on any atom is 0.167 e. The number of carbonyl (C=O) groups is 1. The highest BCUT2D eigenvalue weighted by Crippen LogP contribution is 2.18. The third kappa shape index (κ3) is 2.50. The van der Waals surface area contributed by atoms with Crippen LogP contribution in [0, 0.1) is 20.8 Å². The van der Waals surface area contributed by atoms with Crippen LogP contribution in [-0.4, -0.2) is 15.6 Å². The van der Waals surface area contributed by atoms with E-state index >= 15 is 0 Å². The van der Waals surface area contributed by atoms with E-state index < -0.39 is 0 Å². The Hall–Kier alpha value is -1.90. The molecule has 0 N–H and O–H groups in total. The minimum atomic E-state index is 0.165. The fourth-order valence-electron chi connectivity index (χ4n) is 2.46. The maximum atomic E-state index is 12.3. The Bertz CT molecular complexity index is 573. The Labute approximate surface area is 107 Å². The van der Waals surface area contributed by atoms with Gasteiger partial charge in [-0.05, 0) is 37.5 Å². The van der Waals surface area contributed by atoms with E-state index in [1.54, 1.807) is 10.9 Å². The average Bonchev–Trinajstić information content (AvgIpc) is 2.62. The number of Topliss-reactive ketones (excluding diaryl/α,β-unsaturated/α-hetero) is 1. The number of ketones is 1. The van der Waals surface area contributed by atoms with Gasteiger partial charge in [-0.25, -0.2) is 0 Å². The number of nitrogens with zero attached hydrogens (tertiary/aromatic N) is 2. The third-order valence-electron chi connectivity index (χ3n) is 3.08. The number of aromatic nitrogens is 2. The summed E-state index contributed by atoms with van der Waals surface area (Å²) in [6.45, 7) is 6.04. The molecule has 0 amide bonds. The second kappa shape index (κ2) is 4.77. The molecule has 1 aromatic carbocycles. The van der Waals surface area contributed by atoms with Gasteiger partial charge in [-0.3, -0.25) is 9.48 Å². The summed E-state index contributed by atoms with van der Waals surface area (Å²) in [6.07, 6.45) is 4.05. The van der Waals surface area contributed by atoms with Crippen molar-refractivity contribution < 1.29 is 4.79 Å². The van der Waals surface area contributed by atoms with E-state index in [2.05, 4.69) is 24.2 Å². The van der Waals surface area contributed by atoms with Gasteiger partial charge in [0.15, 0.2) is 5.78 Å². The van der Waals surface area contributed by atoms with E-state index in [4.69, 9.17) is 0 Å². The monoisotopic (exact) mass is 242 g/mol. The molecule has 0 saturated carbocycles. The van der Waals surface area contributed by atoms with Crippen LogP contribution in [0.3, 0.4) is 0 Å². The molecule has 0 spiro atoms. The van der Waals surface area contributed by atoms with Crippen LogP contribution in [0.1, 0.15) is 32.6 Å². The Morgan fingerprint density at radius 3 is 2.33 bits per heavy atom. The van der Waals surface area contributed by atoms with Crippen LogP contribution >= 0.6 is 0 Å². The van der Waals surface area contributed by atoms with Crippen LogP contribution in [0.5, 0.6) is 0 Å². The fourth-order valence-corrected chi connectivity index (χ4v) is 2.46. The minimum absolute atomic E-state index is 0.165. The molecule has 0 bridgehead atoms. The van der Waals surface area contributed by atoms with E-state index in [0.717, 1.165) is 22.3 Å². The van der Waals surface area contributed by atoms with Gasteiger partial charge in [-0.1, -0.05) is 17.7 Å². The molecular formula is C15H18N2O. The Morgan fingerprint density at radius 2 is 1.83 bits per heavy atom. The molecule has 0 aliphatic carbocycles. The van der Waals surface area contributed by atoms with Crippen molar-refractivity contribution in [3.8, 4) is 0 Å². The predicted molar refractivity (Wildman–Crippen MR) is 71.9 cm³/mol. The summed E-state index contributed by atoms with van der Waals surface area (Å²) in [7, 11) is 1.86. The first-order valence-corrected chi connectivity index (χ1v) is 6.06. The highest BCUT2D eigenvalue weighted by Gasteiger charge is 2.14. The lowest BCUT2D eigenvalue weighted by molar-refractivity contribution is 0.0992. The zero-order valence-electron chi connectivity index (χ0n) is 11.3. The number of benzene rings is 1. The Morgan fingerprint density at radius 1 is 1.22 bits per heavy atom. The summed E-state index contributed by atoms with van der Waals surface area (Å²) >= 11 is 0. The lowest BCUT2D eigenvalue weighted by atomic mass is 9.94. The number of rotatable bonds is 3. The molecule has 0 radical (unpaired) electrons. The van der Waals surface area contributed by atoms with Crippen molar-refractivity contribution >= 4 is 5.78 Å². The summed E-state index contributed by atoms with van der Waals surface area (Å²) in [5, 5.41) is 4.09. The second-order valence-corrected chi connectivity index (χ2v) is 4.90. The van der Waals surface area contributed by atoms with Crippen LogP contribution in [0.4, 0.5) is 0 Å². The lowest BCUT2D eigenvalue weighted by Crippen LogP contribution is -2.08. The molecule has 1 aromatic heterocycles. The van der Waals surface area contributed by atoms with Crippen LogP contribution in [-0.2, 0) is 13.5 Å². The molecular weight excluding hydrogens is 224 g/mol. The normalized spacial score (nSPS) is 10.7. The van der Waals surface area contributed by atoms with E-state index in [1.807, 2.05) is 27.1 Å². The molecule has 2 rings (SSSR count). The van der Waals surface area contributed by atoms with Gasteiger partial charge in [-0.2, -0.15) is 5.10 Å². The zero-order valence-corrected chi connectivity index (χ0v) is 11.3. The summed E-state index contributed by atoms with van der Waals surface area (Å²) in [6, 6.07) is 4.12. The zero-order chi connectivity index (χ0) is 13.3. The number of hydrogen-bond acceptors (Lipinski definition) is 2. The molecule has 18 heavy (non-hydrogen) atoms. The summed E-state index contributed by atoms with van der Waals surface area (Å²) < 4.78 is 1.72. The number of carbonyl (C=O) groups excluding carboxylic acids is 1. The molecule has 0 aliphatic heterocycles. The average molecular weight is 242 g/mol. The van der Waals surface area contributed by atoms with Crippen LogP contribution < -0.4 is 0 Å². The molecule has 0 unspecified atom stereocenters. The SMILES string of the molecule is Cc1cc(C)c(C(=O)Cc2cnn(C)c2)c(C)c1. The smallest absolute Gasteiger partial charge is 0.167 e. The van der Waals surface area contributed by atoms with Crippen molar-refractivity contribution in [3.05, 3.63) is 52.3 Å². The standard InChI is InChI=1S/C15H18N2O/c1-10-5-11(2)15(12(3)6-10)14(18)7-13-8-16-17(4)9-13/h5-6,8-9H,7H2,1-4H3. The van der Waals surface area contributed by atoms with Gasteiger partial charge in [0.25, 0.3) is 0 Å². The molecule has 1 heterocycles. The van der Waals surface area contributed by atoms with Crippen molar-refractivity contribution in [2.75, 3.05) is 0 Å². The molecule has 3 heteroatoms. The van der Waals surface area contributed by atoms with Gasteiger partial charge < -0.3 is 0 Å². The van der Waals surface area contributed by atoms with Crippen molar-refractivity contribution in [2.24, 2.45) is 7.05 Å². The molecule has 0 fully saturated rings. The molecule has 0 aliphatic rings. The van der Waals surface area contributed by atoms with Crippen LogP contribution in [0.15, 0.2) is 24.5 Å². The fraction of sp³-hybridized carbons (Fsp3) is 0.333. The molecule has 2 aromatic rings. The number of aryl methyl sites for hydroxylation is 4. The maximum absolute atomic E-state index is 12.3. The molecule has 94 valence electrons. The van der Waals surface area contributed by atoms with Crippen molar-refractivity contribution in [1.29, 1.82) is 0 Å². The first kappa shape index (κ1) is 12.6. The van der Waals surface area contributed by atoms with Crippen molar-refractivity contribution in [3.63, 3.8) is 0 Å². The Kier molecular flexibility index (Phi) is 3.32. The Balaban J connectivity index is 2.29. The molecule has 3 nitrogen and oxygen atoms in total. The third-order valence-corrected chi connectivity index (χ3v) is 3.08. The first-order chi connectivity index (χ1) is 8.47. The van der Waals surface area contributed by atoms with E-state index in [-0.39, 0.29) is 5.78 Å². The topological polar surface area (TPSA) is 34.9 Å². The lowest BCUT2D eigenvalue weighted by Gasteiger charge is -2.09. The van der Waals surface area contributed by atoms with Gasteiger partial charge in [0.1, 0.15) is 0 Å². The van der Waals surface area contributed by atoms with Gasteiger partial charge in [-0.15, -0.1) is 0 Å².